The Balaban J connectivity index is 1.66. The first-order valence-corrected chi connectivity index (χ1v) is 8.90. The highest BCUT2D eigenvalue weighted by Gasteiger charge is 2.29. The van der Waals surface area contributed by atoms with E-state index in [1.54, 1.807) is 0 Å². The predicted molar refractivity (Wildman–Crippen MR) is 89.2 cm³/mol. The Morgan fingerprint density at radius 2 is 1.70 bits per heavy atom. The number of aliphatic carboxylic acids is 1. The van der Waals surface area contributed by atoms with E-state index in [9.17, 15) is 9.59 Å². The number of carboxylic acid groups (broad SMARTS) is 1. The van der Waals surface area contributed by atoms with Crippen LogP contribution in [0.2, 0.25) is 0 Å². The molecule has 1 aliphatic heterocycles. The maximum absolute atomic E-state index is 11.7. The topological polar surface area (TPSA) is 72.9 Å². The van der Waals surface area contributed by atoms with Crippen molar-refractivity contribution < 1.29 is 14.7 Å². The average Bonchev–Trinajstić information content (AvgIpc) is 2.54. The van der Waals surface area contributed by atoms with Crippen molar-refractivity contribution in [3.63, 3.8) is 0 Å². The molecular formula is C17H31N3O3. The Morgan fingerprint density at radius 1 is 1.09 bits per heavy atom. The van der Waals surface area contributed by atoms with Crippen LogP contribution in [-0.4, -0.2) is 72.1 Å². The number of amides is 1. The number of hydrogen-bond donors (Lipinski definition) is 2. The van der Waals surface area contributed by atoms with Crippen molar-refractivity contribution in [1.29, 1.82) is 0 Å². The summed E-state index contributed by atoms with van der Waals surface area (Å²) in [5.74, 6) is 0.501. The van der Waals surface area contributed by atoms with Gasteiger partial charge in [0.2, 0.25) is 5.91 Å². The van der Waals surface area contributed by atoms with Crippen LogP contribution in [0.25, 0.3) is 0 Å². The van der Waals surface area contributed by atoms with E-state index in [0.717, 1.165) is 38.0 Å². The highest BCUT2D eigenvalue weighted by molar-refractivity contribution is 5.82. The molecule has 0 aromatic heterocycles. The third-order valence-corrected chi connectivity index (χ3v) is 5.41. The standard InChI is InChI=1S/C17H31N3O3/c1-13(2)14-3-5-15(6-4-14)20-9-7-19(8-10-20)12-16(21)18-11-17(22)23/h13-15H,3-12H2,1-2H3,(H,18,21)(H,22,23). The third kappa shape index (κ3) is 5.77. The first-order chi connectivity index (χ1) is 11.0. The van der Waals surface area contributed by atoms with Crippen molar-refractivity contribution in [3.05, 3.63) is 0 Å². The lowest BCUT2D eigenvalue weighted by atomic mass is 9.79. The molecule has 0 atom stereocenters. The summed E-state index contributed by atoms with van der Waals surface area (Å²) in [5.41, 5.74) is 0. The van der Waals surface area contributed by atoms with Crippen LogP contribution in [-0.2, 0) is 9.59 Å². The number of piperazine rings is 1. The van der Waals surface area contributed by atoms with Crippen LogP contribution >= 0.6 is 0 Å². The molecule has 1 amide bonds. The van der Waals surface area contributed by atoms with Gasteiger partial charge in [0.15, 0.2) is 0 Å². The van der Waals surface area contributed by atoms with Crippen LogP contribution < -0.4 is 5.32 Å². The highest BCUT2D eigenvalue weighted by atomic mass is 16.4. The van der Waals surface area contributed by atoms with Crippen molar-refractivity contribution in [1.82, 2.24) is 15.1 Å². The molecule has 1 saturated carbocycles. The predicted octanol–water partition coefficient (Wildman–Crippen LogP) is 1.02. The number of carbonyl (C=O) groups excluding carboxylic acids is 1. The molecule has 2 aliphatic rings. The molecule has 2 rings (SSSR count). The van der Waals surface area contributed by atoms with E-state index in [1.807, 2.05) is 0 Å². The molecular weight excluding hydrogens is 294 g/mol. The number of hydrogen-bond acceptors (Lipinski definition) is 4. The van der Waals surface area contributed by atoms with Crippen molar-refractivity contribution in [3.8, 4) is 0 Å². The van der Waals surface area contributed by atoms with Crippen LogP contribution in [0.5, 0.6) is 0 Å². The molecule has 1 aliphatic carbocycles. The minimum Gasteiger partial charge on any atom is -0.480 e. The Bertz CT molecular complexity index is 398. The van der Waals surface area contributed by atoms with Crippen molar-refractivity contribution >= 4 is 11.9 Å². The van der Waals surface area contributed by atoms with E-state index in [-0.39, 0.29) is 12.5 Å². The molecule has 0 radical (unpaired) electrons. The van der Waals surface area contributed by atoms with Gasteiger partial charge >= 0.3 is 5.97 Å². The second-order valence-corrected chi connectivity index (χ2v) is 7.30. The van der Waals surface area contributed by atoms with E-state index in [0.29, 0.717) is 12.6 Å². The van der Waals surface area contributed by atoms with Crippen LogP contribution in [0.3, 0.4) is 0 Å². The maximum atomic E-state index is 11.7. The van der Waals surface area contributed by atoms with Gasteiger partial charge < -0.3 is 10.4 Å². The average molecular weight is 325 g/mol. The third-order valence-electron chi connectivity index (χ3n) is 5.41. The summed E-state index contributed by atoms with van der Waals surface area (Å²) < 4.78 is 0. The fourth-order valence-electron chi connectivity index (χ4n) is 3.85. The van der Waals surface area contributed by atoms with Crippen LogP contribution in [0.4, 0.5) is 0 Å². The SMILES string of the molecule is CC(C)C1CCC(N2CCN(CC(=O)NCC(=O)O)CC2)CC1. The summed E-state index contributed by atoms with van der Waals surface area (Å²) in [5, 5.41) is 11.0. The van der Waals surface area contributed by atoms with E-state index in [4.69, 9.17) is 5.11 Å². The minimum atomic E-state index is -1.000. The van der Waals surface area contributed by atoms with Crippen molar-refractivity contribution in [2.45, 2.75) is 45.6 Å². The molecule has 2 fully saturated rings. The molecule has 6 heteroatoms. The van der Waals surface area contributed by atoms with E-state index < -0.39 is 5.97 Å². The van der Waals surface area contributed by atoms with Crippen molar-refractivity contribution in [2.24, 2.45) is 11.8 Å². The molecule has 1 heterocycles. The van der Waals surface area contributed by atoms with E-state index in [2.05, 4.69) is 29.0 Å². The zero-order valence-electron chi connectivity index (χ0n) is 14.5. The normalized spacial score (nSPS) is 27.1. The summed E-state index contributed by atoms with van der Waals surface area (Å²) in [4.78, 5) is 26.8. The fourth-order valence-corrected chi connectivity index (χ4v) is 3.85. The van der Waals surface area contributed by atoms with Gasteiger partial charge in [0, 0.05) is 32.2 Å². The summed E-state index contributed by atoms with van der Waals surface area (Å²) in [6.07, 6.45) is 5.31. The van der Waals surface area contributed by atoms with Gasteiger partial charge in [-0.15, -0.1) is 0 Å². The zero-order valence-corrected chi connectivity index (χ0v) is 14.5. The smallest absolute Gasteiger partial charge is 0.322 e. The van der Waals surface area contributed by atoms with Crippen LogP contribution in [0, 0.1) is 11.8 Å². The number of nitrogens with one attached hydrogen (secondary N) is 1. The van der Waals surface area contributed by atoms with E-state index >= 15 is 0 Å². The first kappa shape index (κ1) is 18.2. The lowest BCUT2D eigenvalue weighted by molar-refractivity contribution is -0.138. The van der Waals surface area contributed by atoms with E-state index in [1.165, 1.54) is 25.7 Å². The number of carboxylic acids is 1. The van der Waals surface area contributed by atoms with Gasteiger partial charge in [-0.05, 0) is 37.5 Å². The minimum absolute atomic E-state index is 0.196. The summed E-state index contributed by atoms with van der Waals surface area (Å²) in [7, 11) is 0. The Morgan fingerprint density at radius 3 is 2.22 bits per heavy atom. The monoisotopic (exact) mass is 325 g/mol. The Hall–Kier alpha value is -1.14. The quantitative estimate of drug-likeness (QED) is 0.763. The maximum Gasteiger partial charge on any atom is 0.322 e. The van der Waals surface area contributed by atoms with Crippen molar-refractivity contribution in [2.75, 3.05) is 39.3 Å². The summed E-state index contributed by atoms with van der Waals surface area (Å²) in [6, 6.07) is 0.716. The van der Waals surface area contributed by atoms with Gasteiger partial charge in [-0.1, -0.05) is 13.8 Å². The Labute approximate surface area is 139 Å². The summed E-state index contributed by atoms with van der Waals surface area (Å²) in [6.45, 7) is 8.50. The fraction of sp³-hybridized carbons (Fsp3) is 0.882. The number of nitrogens with zero attached hydrogens (tertiary/aromatic N) is 2. The Kier molecular flexibility index (Phi) is 6.84. The molecule has 132 valence electrons. The molecule has 0 unspecified atom stereocenters. The van der Waals surface area contributed by atoms with Gasteiger partial charge in [0.1, 0.15) is 6.54 Å². The number of rotatable bonds is 6. The zero-order chi connectivity index (χ0) is 16.8. The molecule has 0 aromatic rings. The van der Waals surface area contributed by atoms with Crippen LogP contribution in [0.15, 0.2) is 0 Å². The molecule has 0 bridgehead atoms. The largest absolute Gasteiger partial charge is 0.480 e. The molecule has 0 aromatic carbocycles. The second-order valence-electron chi connectivity index (χ2n) is 7.30. The van der Waals surface area contributed by atoms with Gasteiger partial charge in [0.25, 0.3) is 0 Å². The lowest BCUT2D eigenvalue weighted by Crippen LogP contribution is -2.53. The molecule has 1 saturated heterocycles. The first-order valence-electron chi connectivity index (χ1n) is 8.90. The molecule has 6 nitrogen and oxygen atoms in total. The summed E-state index contributed by atoms with van der Waals surface area (Å²) >= 11 is 0. The highest BCUT2D eigenvalue weighted by Crippen LogP contribution is 2.32. The molecule has 0 spiro atoms. The van der Waals surface area contributed by atoms with Gasteiger partial charge in [-0.2, -0.15) is 0 Å². The molecule has 23 heavy (non-hydrogen) atoms. The van der Waals surface area contributed by atoms with Gasteiger partial charge in [-0.25, -0.2) is 0 Å². The lowest BCUT2D eigenvalue weighted by Gasteiger charge is -2.42. The van der Waals surface area contributed by atoms with Gasteiger partial charge in [-0.3, -0.25) is 19.4 Å². The van der Waals surface area contributed by atoms with Gasteiger partial charge in [0.05, 0.1) is 6.54 Å². The second kappa shape index (κ2) is 8.64. The molecule has 2 N–H and O–H groups in total. The van der Waals surface area contributed by atoms with Crippen LogP contribution in [0.1, 0.15) is 39.5 Å². The number of carbonyl (C=O) groups is 2.